The Morgan fingerprint density at radius 2 is 1.97 bits per heavy atom. The summed E-state index contributed by atoms with van der Waals surface area (Å²) >= 11 is 3.01. The summed E-state index contributed by atoms with van der Waals surface area (Å²) in [6.07, 6.45) is 3.66. The van der Waals surface area contributed by atoms with Crippen LogP contribution in [0.25, 0.3) is 0 Å². The lowest BCUT2D eigenvalue weighted by Crippen LogP contribution is -2.49. The zero-order valence-corrected chi connectivity index (χ0v) is 20.6. The fourth-order valence-electron chi connectivity index (χ4n) is 4.46. The van der Waals surface area contributed by atoms with Gasteiger partial charge in [0.1, 0.15) is 11.6 Å². The quantitative estimate of drug-likeness (QED) is 0.507. The molecule has 0 bridgehead atoms. The fourth-order valence-corrected chi connectivity index (χ4v) is 6.21. The third-order valence-electron chi connectivity index (χ3n) is 6.57. The highest BCUT2D eigenvalue weighted by Gasteiger charge is 2.38. The zero-order valence-electron chi connectivity index (χ0n) is 18.9. The minimum atomic E-state index is -0.604. The van der Waals surface area contributed by atoms with Crippen LogP contribution < -0.4 is 0 Å². The van der Waals surface area contributed by atoms with Crippen LogP contribution in [0.3, 0.4) is 0 Å². The summed E-state index contributed by atoms with van der Waals surface area (Å²) in [4.78, 5) is 33.6. The number of likely N-dealkylation sites (N-methyl/N-ethyl adjacent to an activating group) is 1. The number of aryl methyl sites for hydroxylation is 1. The summed E-state index contributed by atoms with van der Waals surface area (Å²) in [5.74, 6) is -0.389. The molecule has 1 aliphatic carbocycles. The van der Waals surface area contributed by atoms with Gasteiger partial charge in [0.2, 0.25) is 11.8 Å². The first kappa shape index (κ1) is 24.1. The van der Waals surface area contributed by atoms with E-state index in [1.165, 1.54) is 23.9 Å². The molecule has 0 unspecified atom stereocenters. The average molecular weight is 494 g/mol. The predicted molar refractivity (Wildman–Crippen MR) is 126 cm³/mol. The van der Waals surface area contributed by atoms with Crippen molar-refractivity contribution in [3.63, 3.8) is 0 Å². The van der Waals surface area contributed by atoms with Crippen LogP contribution in [0.4, 0.5) is 8.78 Å². The molecule has 2 aromatic rings. The number of piperidine rings is 1. The number of halogens is 2. The number of aromatic nitrogens is 1. The molecule has 2 aliphatic rings. The first-order valence-electron chi connectivity index (χ1n) is 11.3. The molecular weight excluding hydrogens is 464 g/mol. The lowest BCUT2D eigenvalue weighted by Gasteiger charge is -2.40. The number of thiazole rings is 1. The fraction of sp³-hybridized carbons (Fsp3) is 0.542. The van der Waals surface area contributed by atoms with Gasteiger partial charge in [-0.3, -0.25) is 9.59 Å². The van der Waals surface area contributed by atoms with E-state index in [0.29, 0.717) is 30.8 Å². The Balaban J connectivity index is 1.38. The van der Waals surface area contributed by atoms with Gasteiger partial charge in [0.15, 0.2) is 4.34 Å². The van der Waals surface area contributed by atoms with E-state index in [1.54, 1.807) is 23.3 Å². The summed E-state index contributed by atoms with van der Waals surface area (Å²) in [6.45, 7) is 3.18. The van der Waals surface area contributed by atoms with E-state index >= 15 is 0 Å². The van der Waals surface area contributed by atoms with E-state index in [-0.39, 0.29) is 29.7 Å². The topological polar surface area (TPSA) is 53.5 Å². The predicted octanol–water partition coefficient (Wildman–Crippen LogP) is 4.54. The Labute approximate surface area is 201 Å². The molecule has 1 aromatic carbocycles. The van der Waals surface area contributed by atoms with Gasteiger partial charge in [0, 0.05) is 49.2 Å². The van der Waals surface area contributed by atoms with Crippen molar-refractivity contribution in [3.05, 3.63) is 46.5 Å². The monoisotopic (exact) mass is 493 g/mol. The molecule has 1 aromatic heterocycles. The van der Waals surface area contributed by atoms with Gasteiger partial charge in [0.25, 0.3) is 0 Å². The van der Waals surface area contributed by atoms with Crippen LogP contribution in [-0.4, -0.2) is 58.5 Å². The number of benzene rings is 1. The van der Waals surface area contributed by atoms with Crippen LogP contribution in [0.2, 0.25) is 0 Å². The highest BCUT2D eigenvalue weighted by molar-refractivity contribution is 8.01. The molecule has 0 spiro atoms. The van der Waals surface area contributed by atoms with E-state index in [2.05, 4.69) is 4.98 Å². The molecule has 2 fully saturated rings. The first-order valence-corrected chi connectivity index (χ1v) is 13.2. The number of carbonyl (C=O) groups excluding carboxylic acids is 2. The van der Waals surface area contributed by atoms with Crippen LogP contribution in [0.5, 0.6) is 0 Å². The molecular formula is C24H29F2N3O2S2. The number of nitrogens with zero attached hydrogens (tertiary/aromatic N) is 3. The maximum atomic E-state index is 14.4. The van der Waals surface area contributed by atoms with Crippen molar-refractivity contribution in [1.82, 2.24) is 14.8 Å². The standard InChI is InChI=1S/C24H29F2N3O2S2/c1-15-13-32-24(27-15)33-14-22(30)29-9-7-16(8-10-29)21(28(2)23(31)17-3-4-17)11-18-5-6-19(25)12-20(18)26/h5-6,12-13,16-17,21H,3-4,7-11,14H2,1-2H3/t21-/m1/s1. The van der Waals surface area contributed by atoms with E-state index < -0.39 is 11.6 Å². The van der Waals surface area contributed by atoms with Gasteiger partial charge in [0.05, 0.1) is 5.75 Å². The second kappa shape index (κ2) is 10.5. The van der Waals surface area contributed by atoms with Crippen LogP contribution in [0.15, 0.2) is 27.9 Å². The molecule has 5 nitrogen and oxygen atoms in total. The Morgan fingerprint density at radius 1 is 1.24 bits per heavy atom. The van der Waals surface area contributed by atoms with Gasteiger partial charge in [-0.2, -0.15) is 0 Å². The number of carbonyl (C=O) groups is 2. The van der Waals surface area contributed by atoms with Crippen molar-refractivity contribution in [2.24, 2.45) is 11.8 Å². The minimum Gasteiger partial charge on any atom is -0.342 e. The van der Waals surface area contributed by atoms with Gasteiger partial charge in [-0.25, -0.2) is 13.8 Å². The smallest absolute Gasteiger partial charge is 0.233 e. The first-order chi connectivity index (χ1) is 15.8. The number of thioether (sulfide) groups is 1. The Bertz CT molecular complexity index is 1000. The molecule has 0 radical (unpaired) electrons. The van der Waals surface area contributed by atoms with E-state index in [0.717, 1.165) is 41.8 Å². The van der Waals surface area contributed by atoms with Crippen molar-refractivity contribution in [2.75, 3.05) is 25.9 Å². The minimum absolute atomic E-state index is 0.0729. The SMILES string of the molecule is Cc1csc(SCC(=O)N2CCC([C@@H](Cc3ccc(F)cc3F)N(C)C(=O)C3CC3)CC2)n1. The summed E-state index contributed by atoms with van der Waals surface area (Å²) < 4.78 is 28.7. The van der Waals surface area contributed by atoms with Crippen molar-refractivity contribution >= 4 is 34.9 Å². The van der Waals surface area contributed by atoms with Crippen LogP contribution in [0, 0.1) is 30.4 Å². The normalized spacial score (nSPS) is 17.8. The molecule has 2 heterocycles. The molecule has 1 atom stereocenters. The second-order valence-electron chi connectivity index (χ2n) is 8.99. The Kier molecular flexibility index (Phi) is 7.69. The molecule has 33 heavy (non-hydrogen) atoms. The summed E-state index contributed by atoms with van der Waals surface area (Å²) in [7, 11) is 1.80. The zero-order chi connectivity index (χ0) is 23.5. The Hall–Kier alpha value is -2.00. The molecule has 1 saturated carbocycles. The van der Waals surface area contributed by atoms with Crippen LogP contribution in [0.1, 0.15) is 36.9 Å². The number of hydrogen-bond donors (Lipinski definition) is 0. The average Bonchev–Trinajstić information content (AvgIpc) is 3.57. The molecule has 9 heteroatoms. The van der Waals surface area contributed by atoms with Crippen molar-refractivity contribution in [3.8, 4) is 0 Å². The molecule has 1 aliphatic heterocycles. The van der Waals surface area contributed by atoms with Gasteiger partial charge < -0.3 is 9.80 Å². The van der Waals surface area contributed by atoms with Crippen molar-refractivity contribution in [2.45, 2.75) is 49.4 Å². The van der Waals surface area contributed by atoms with E-state index in [1.807, 2.05) is 17.2 Å². The number of amides is 2. The largest absolute Gasteiger partial charge is 0.342 e. The summed E-state index contributed by atoms with van der Waals surface area (Å²) in [5.41, 5.74) is 1.38. The molecule has 2 amide bonds. The van der Waals surface area contributed by atoms with Crippen LogP contribution in [-0.2, 0) is 16.0 Å². The molecule has 4 rings (SSSR count). The van der Waals surface area contributed by atoms with Crippen LogP contribution >= 0.6 is 23.1 Å². The Morgan fingerprint density at radius 3 is 2.58 bits per heavy atom. The lowest BCUT2D eigenvalue weighted by molar-refractivity contribution is -0.136. The van der Waals surface area contributed by atoms with Gasteiger partial charge in [-0.15, -0.1) is 11.3 Å². The maximum absolute atomic E-state index is 14.4. The van der Waals surface area contributed by atoms with Gasteiger partial charge in [-0.1, -0.05) is 17.8 Å². The molecule has 178 valence electrons. The highest BCUT2D eigenvalue weighted by atomic mass is 32.2. The lowest BCUT2D eigenvalue weighted by atomic mass is 9.84. The molecule has 0 N–H and O–H groups in total. The molecule has 1 saturated heterocycles. The number of likely N-dealkylation sites (tertiary alicyclic amines) is 1. The second-order valence-corrected chi connectivity index (χ2v) is 11.1. The summed E-state index contributed by atoms with van der Waals surface area (Å²) in [6, 6.07) is 3.46. The maximum Gasteiger partial charge on any atom is 0.233 e. The highest BCUT2D eigenvalue weighted by Crippen LogP contribution is 2.34. The van der Waals surface area contributed by atoms with Crippen molar-refractivity contribution in [1.29, 1.82) is 0 Å². The van der Waals surface area contributed by atoms with Gasteiger partial charge >= 0.3 is 0 Å². The van der Waals surface area contributed by atoms with Gasteiger partial charge in [-0.05, 0) is 56.6 Å². The van der Waals surface area contributed by atoms with E-state index in [4.69, 9.17) is 0 Å². The number of hydrogen-bond acceptors (Lipinski definition) is 5. The third-order valence-corrected chi connectivity index (χ3v) is 8.69. The summed E-state index contributed by atoms with van der Waals surface area (Å²) in [5, 5.41) is 1.97. The van der Waals surface area contributed by atoms with Crippen molar-refractivity contribution < 1.29 is 18.4 Å². The number of rotatable bonds is 8. The third kappa shape index (κ3) is 6.12. The van der Waals surface area contributed by atoms with E-state index in [9.17, 15) is 18.4 Å².